The Morgan fingerprint density at radius 3 is 2.76 bits per heavy atom. The van der Waals surface area contributed by atoms with E-state index in [0.717, 1.165) is 25.1 Å². The SMILES string of the molecule is O=C1NCCCN1[C@@H](CO)Cc1ccccc1. The van der Waals surface area contributed by atoms with Gasteiger partial charge in [-0.1, -0.05) is 30.3 Å². The van der Waals surface area contributed by atoms with E-state index in [1.54, 1.807) is 4.90 Å². The third-order valence-electron chi connectivity index (χ3n) is 3.08. The lowest BCUT2D eigenvalue weighted by atomic mass is 10.0. The second-order valence-corrected chi connectivity index (χ2v) is 4.30. The zero-order valence-electron chi connectivity index (χ0n) is 9.80. The van der Waals surface area contributed by atoms with Crippen LogP contribution in [-0.2, 0) is 6.42 Å². The topological polar surface area (TPSA) is 52.6 Å². The second kappa shape index (κ2) is 5.68. The minimum atomic E-state index is -0.127. The van der Waals surface area contributed by atoms with E-state index in [-0.39, 0.29) is 18.7 Å². The number of urea groups is 1. The number of hydrogen-bond acceptors (Lipinski definition) is 2. The molecule has 2 rings (SSSR count). The molecular formula is C13H18N2O2. The van der Waals surface area contributed by atoms with E-state index in [0.29, 0.717) is 6.42 Å². The van der Waals surface area contributed by atoms with Crippen molar-refractivity contribution in [3.8, 4) is 0 Å². The molecule has 4 heteroatoms. The highest BCUT2D eigenvalue weighted by Crippen LogP contribution is 2.11. The zero-order chi connectivity index (χ0) is 12.1. The zero-order valence-corrected chi connectivity index (χ0v) is 9.80. The first-order chi connectivity index (χ1) is 8.31. The lowest BCUT2D eigenvalue weighted by Gasteiger charge is -2.34. The molecule has 2 amide bonds. The third-order valence-corrected chi connectivity index (χ3v) is 3.08. The number of aliphatic hydroxyl groups excluding tert-OH is 1. The van der Waals surface area contributed by atoms with Gasteiger partial charge in [-0.25, -0.2) is 4.79 Å². The van der Waals surface area contributed by atoms with Gasteiger partial charge in [0.25, 0.3) is 0 Å². The van der Waals surface area contributed by atoms with Crippen LogP contribution in [0, 0.1) is 0 Å². The number of carbonyl (C=O) groups excluding carboxylic acids is 1. The number of hydrogen-bond donors (Lipinski definition) is 2. The molecule has 1 aromatic carbocycles. The second-order valence-electron chi connectivity index (χ2n) is 4.30. The quantitative estimate of drug-likeness (QED) is 0.816. The molecule has 0 unspecified atom stereocenters. The Bertz CT molecular complexity index is 367. The number of rotatable bonds is 4. The smallest absolute Gasteiger partial charge is 0.317 e. The first-order valence-corrected chi connectivity index (χ1v) is 6.00. The highest BCUT2D eigenvalue weighted by Gasteiger charge is 2.25. The number of aliphatic hydroxyl groups is 1. The Morgan fingerprint density at radius 1 is 1.35 bits per heavy atom. The summed E-state index contributed by atoms with van der Waals surface area (Å²) in [6.45, 7) is 1.46. The molecule has 0 aromatic heterocycles. The van der Waals surface area contributed by atoms with Crippen LogP contribution < -0.4 is 5.32 Å². The molecule has 2 N–H and O–H groups in total. The standard InChI is InChI=1S/C13H18N2O2/c16-10-12(9-11-5-2-1-3-6-11)15-8-4-7-14-13(15)17/h1-3,5-6,12,16H,4,7-10H2,(H,14,17)/t12-/m1/s1. The number of nitrogens with one attached hydrogen (secondary N) is 1. The van der Waals surface area contributed by atoms with Gasteiger partial charge in [-0.3, -0.25) is 0 Å². The Balaban J connectivity index is 2.03. The van der Waals surface area contributed by atoms with Gasteiger partial charge in [-0.05, 0) is 18.4 Å². The summed E-state index contributed by atoms with van der Waals surface area (Å²) < 4.78 is 0. The molecule has 1 aliphatic rings. The number of nitrogens with zero attached hydrogens (tertiary/aromatic N) is 1. The molecule has 1 aromatic rings. The molecule has 0 bridgehead atoms. The van der Waals surface area contributed by atoms with Crippen LogP contribution in [0.5, 0.6) is 0 Å². The fourth-order valence-corrected chi connectivity index (χ4v) is 2.16. The van der Waals surface area contributed by atoms with E-state index in [2.05, 4.69) is 5.32 Å². The van der Waals surface area contributed by atoms with Gasteiger partial charge in [0.2, 0.25) is 0 Å². The van der Waals surface area contributed by atoms with Crippen molar-refractivity contribution in [1.29, 1.82) is 0 Å². The maximum absolute atomic E-state index is 11.7. The summed E-state index contributed by atoms with van der Waals surface area (Å²) in [7, 11) is 0. The van der Waals surface area contributed by atoms with Crippen molar-refractivity contribution in [1.82, 2.24) is 10.2 Å². The highest BCUT2D eigenvalue weighted by atomic mass is 16.3. The van der Waals surface area contributed by atoms with E-state index in [1.807, 2.05) is 30.3 Å². The van der Waals surface area contributed by atoms with Gasteiger partial charge in [0.1, 0.15) is 0 Å². The molecule has 0 saturated carbocycles. The average Bonchev–Trinajstić information content (AvgIpc) is 2.38. The van der Waals surface area contributed by atoms with Crippen LogP contribution >= 0.6 is 0 Å². The van der Waals surface area contributed by atoms with Crippen LogP contribution in [0.4, 0.5) is 4.79 Å². The minimum absolute atomic E-state index is 0.00230. The molecule has 0 aliphatic carbocycles. The molecule has 1 saturated heterocycles. The largest absolute Gasteiger partial charge is 0.394 e. The van der Waals surface area contributed by atoms with Crippen LogP contribution in [0.15, 0.2) is 30.3 Å². The Hall–Kier alpha value is -1.55. The summed E-state index contributed by atoms with van der Waals surface area (Å²) in [6.07, 6.45) is 1.64. The molecule has 0 radical (unpaired) electrons. The van der Waals surface area contributed by atoms with Crippen molar-refractivity contribution in [2.75, 3.05) is 19.7 Å². The van der Waals surface area contributed by atoms with Crippen molar-refractivity contribution >= 4 is 6.03 Å². The normalized spacial score (nSPS) is 17.7. The monoisotopic (exact) mass is 234 g/mol. The first kappa shape index (κ1) is 11.9. The van der Waals surface area contributed by atoms with Crippen molar-refractivity contribution in [3.63, 3.8) is 0 Å². The summed E-state index contributed by atoms with van der Waals surface area (Å²) >= 11 is 0. The van der Waals surface area contributed by atoms with Gasteiger partial charge in [-0.15, -0.1) is 0 Å². The molecule has 17 heavy (non-hydrogen) atoms. The van der Waals surface area contributed by atoms with E-state index in [9.17, 15) is 9.90 Å². The molecule has 1 aliphatic heterocycles. The maximum atomic E-state index is 11.7. The van der Waals surface area contributed by atoms with E-state index in [1.165, 1.54) is 0 Å². The average molecular weight is 234 g/mol. The molecule has 92 valence electrons. The molecular weight excluding hydrogens is 216 g/mol. The van der Waals surface area contributed by atoms with Gasteiger partial charge >= 0.3 is 6.03 Å². The number of benzene rings is 1. The summed E-state index contributed by atoms with van der Waals surface area (Å²) in [4.78, 5) is 13.4. The summed E-state index contributed by atoms with van der Waals surface area (Å²) in [6, 6.07) is 9.75. The van der Waals surface area contributed by atoms with E-state index >= 15 is 0 Å². The predicted octanol–water partition coefficient (Wildman–Crippen LogP) is 1.01. The van der Waals surface area contributed by atoms with Gasteiger partial charge in [0.05, 0.1) is 12.6 Å². The van der Waals surface area contributed by atoms with Crippen molar-refractivity contribution < 1.29 is 9.90 Å². The predicted molar refractivity (Wildman–Crippen MR) is 65.7 cm³/mol. The fourth-order valence-electron chi connectivity index (χ4n) is 2.16. The lowest BCUT2D eigenvalue weighted by Crippen LogP contribution is -2.53. The molecule has 0 spiro atoms. The van der Waals surface area contributed by atoms with Crippen LogP contribution in [0.2, 0.25) is 0 Å². The van der Waals surface area contributed by atoms with Crippen molar-refractivity contribution in [2.24, 2.45) is 0 Å². The van der Waals surface area contributed by atoms with Crippen LogP contribution in [0.3, 0.4) is 0 Å². The maximum Gasteiger partial charge on any atom is 0.317 e. The molecule has 4 nitrogen and oxygen atoms in total. The van der Waals surface area contributed by atoms with Crippen molar-refractivity contribution in [3.05, 3.63) is 35.9 Å². The number of carbonyl (C=O) groups is 1. The molecule has 1 fully saturated rings. The molecule has 1 heterocycles. The van der Waals surface area contributed by atoms with Gasteiger partial charge in [0, 0.05) is 13.1 Å². The van der Waals surface area contributed by atoms with Crippen LogP contribution in [0.1, 0.15) is 12.0 Å². The first-order valence-electron chi connectivity index (χ1n) is 6.00. The molecule has 1 atom stereocenters. The summed E-state index contributed by atoms with van der Waals surface area (Å²) in [5.74, 6) is 0. The van der Waals surface area contributed by atoms with Gasteiger partial charge in [0.15, 0.2) is 0 Å². The van der Waals surface area contributed by atoms with Crippen LogP contribution in [-0.4, -0.2) is 41.8 Å². The summed E-state index contributed by atoms with van der Waals surface area (Å²) in [5, 5.41) is 12.2. The van der Waals surface area contributed by atoms with E-state index < -0.39 is 0 Å². The van der Waals surface area contributed by atoms with Crippen LogP contribution in [0.25, 0.3) is 0 Å². The fraction of sp³-hybridized carbons (Fsp3) is 0.462. The Kier molecular flexibility index (Phi) is 3.98. The van der Waals surface area contributed by atoms with Crippen molar-refractivity contribution in [2.45, 2.75) is 18.9 Å². The van der Waals surface area contributed by atoms with Gasteiger partial charge in [-0.2, -0.15) is 0 Å². The Morgan fingerprint density at radius 2 is 2.12 bits per heavy atom. The van der Waals surface area contributed by atoms with E-state index in [4.69, 9.17) is 0 Å². The lowest BCUT2D eigenvalue weighted by molar-refractivity contribution is 0.122. The third kappa shape index (κ3) is 2.97. The number of amides is 2. The minimum Gasteiger partial charge on any atom is -0.394 e. The Labute approximate surface area is 101 Å². The summed E-state index contributed by atoms with van der Waals surface area (Å²) in [5.41, 5.74) is 1.14. The highest BCUT2D eigenvalue weighted by molar-refractivity contribution is 5.75. The van der Waals surface area contributed by atoms with Gasteiger partial charge < -0.3 is 15.3 Å².